The smallest absolute Gasteiger partial charge is 0.315 e. The van der Waals surface area contributed by atoms with Crippen molar-refractivity contribution in [2.45, 2.75) is 37.2 Å². The summed E-state index contributed by atoms with van der Waals surface area (Å²) in [6.07, 6.45) is -3.84. The van der Waals surface area contributed by atoms with Gasteiger partial charge < -0.3 is 4.90 Å². The van der Waals surface area contributed by atoms with E-state index in [-0.39, 0.29) is 28.8 Å². The predicted molar refractivity (Wildman–Crippen MR) is 95.1 cm³/mol. The Morgan fingerprint density at radius 3 is 2.65 bits per heavy atom. The molecule has 2 heterocycles. The number of carbonyl (C=O) groups is 1. The highest BCUT2D eigenvalue weighted by molar-refractivity contribution is 8.16. The molecule has 142 valence electrons. The van der Waals surface area contributed by atoms with Gasteiger partial charge >= 0.3 is 6.18 Å². The molecule has 1 amide bonds. The van der Waals surface area contributed by atoms with Crippen molar-refractivity contribution in [3.63, 3.8) is 0 Å². The topological polar surface area (TPSA) is 66.8 Å². The van der Waals surface area contributed by atoms with Crippen LogP contribution in [0.25, 0.3) is 0 Å². The second kappa shape index (κ2) is 6.88. The first kappa shape index (κ1) is 19.2. The van der Waals surface area contributed by atoms with E-state index in [1.54, 1.807) is 6.92 Å². The summed E-state index contributed by atoms with van der Waals surface area (Å²) >= 11 is 1.07. The number of para-hydroxylation sites is 1. The monoisotopic (exact) mass is 406 g/mol. The molecule has 2 fully saturated rings. The fraction of sp³-hybridized carbons (Fsp3) is 0.500. The minimum Gasteiger partial charge on any atom is -0.315 e. The van der Waals surface area contributed by atoms with E-state index in [1.807, 2.05) is 0 Å². The number of hydrogen-bond acceptors (Lipinski definition) is 4. The maximum Gasteiger partial charge on any atom is 0.418 e. The molecule has 5 nitrogen and oxygen atoms in total. The van der Waals surface area contributed by atoms with Crippen molar-refractivity contribution >= 4 is 38.4 Å². The number of rotatable bonds is 3. The van der Waals surface area contributed by atoms with Crippen molar-refractivity contribution < 1.29 is 26.4 Å². The zero-order valence-electron chi connectivity index (χ0n) is 13.9. The highest BCUT2D eigenvalue weighted by atomic mass is 32.2. The summed E-state index contributed by atoms with van der Waals surface area (Å²) in [6.45, 7) is 1.80. The van der Waals surface area contributed by atoms with Gasteiger partial charge in [-0.2, -0.15) is 18.2 Å². The first-order valence-electron chi connectivity index (χ1n) is 8.06. The highest BCUT2D eigenvalue weighted by Crippen LogP contribution is 2.45. The molecule has 1 aromatic rings. The van der Waals surface area contributed by atoms with E-state index in [0.717, 1.165) is 17.8 Å². The minimum atomic E-state index is -4.60. The molecule has 0 spiro atoms. The molecule has 3 rings (SSSR count). The van der Waals surface area contributed by atoms with Gasteiger partial charge in [-0.05, 0) is 18.6 Å². The predicted octanol–water partition coefficient (Wildman–Crippen LogP) is 3.11. The van der Waals surface area contributed by atoms with Gasteiger partial charge in [0.05, 0.1) is 28.8 Å². The summed E-state index contributed by atoms with van der Waals surface area (Å²) in [6, 6.07) is 4.30. The Labute approximate surface area is 153 Å². The van der Waals surface area contributed by atoms with E-state index in [4.69, 9.17) is 0 Å². The Hall–Kier alpha value is -1.55. The van der Waals surface area contributed by atoms with Gasteiger partial charge in [-0.3, -0.25) is 4.79 Å². The van der Waals surface area contributed by atoms with E-state index in [0.29, 0.717) is 6.42 Å². The first-order chi connectivity index (χ1) is 12.1. The van der Waals surface area contributed by atoms with Crippen molar-refractivity contribution in [2.75, 3.05) is 16.4 Å². The summed E-state index contributed by atoms with van der Waals surface area (Å²) in [5.74, 6) is -0.807. The fourth-order valence-electron chi connectivity index (χ4n) is 3.15. The molecule has 10 heteroatoms. The lowest BCUT2D eigenvalue weighted by atomic mass is 10.1. The number of amidine groups is 1. The van der Waals surface area contributed by atoms with Crippen LogP contribution < -0.4 is 4.90 Å². The number of thioether (sulfide) groups is 1. The third kappa shape index (κ3) is 3.75. The summed E-state index contributed by atoms with van der Waals surface area (Å²) in [7, 11) is -3.34. The summed E-state index contributed by atoms with van der Waals surface area (Å²) in [4.78, 5) is 17.2. The van der Waals surface area contributed by atoms with Gasteiger partial charge in [-0.25, -0.2) is 8.42 Å². The van der Waals surface area contributed by atoms with Crippen LogP contribution in [0.1, 0.15) is 25.3 Å². The van der Waals surface area contributed by atoms with E-state index >= 15 is 0 Å². The molecule has 0 aromatic heterocycles. The van der Waals surface area contributed by atoms with Crippen LogP contribution in [-0.2, 0) is 20.8 Å². The van der Waals surface area contributed by atoms with Gasteiger partial charge in [0.2, 0.25) is 5.91 Å². The number of carbonyl (C=O) groups excluding carboxylic acids is 1. The first-order valence-corrected chi connectivity index (χ1v) is 10.8. The SMILES string of the molecule is CCCC(=O)N=C1S[C@@H]2CS(=O)(=O)C[C@H]2N1c1ccccc1C(F)(F)F. The number of anilines is 1. The molecule has 1 aromatic carbocycles. The summed E-state index contributed by atoms with van der Waals surface area (Å²) in [5.41, 5.74) is -1.04. The van der Waals surface area contributed by atoms with Crippen LogP contribution in [0.3, 0.4) is 0 Å². The third-order valence-electron chi connectivity index (χ3n) is 4.22. The lowest BCUT2D eigenvalue weighted by molar-refractivity contribution is -0.137. The quantitative estimate of drug-likeness (QED) is 0.772. The molecular weight excluding hydrogens is 389 g/mol. The Kier molecular flexibility index (Phi) is 5.08. The molecule has 0 bridgehead atoms. The molecule has 2 aliphatic rings. The zero-order valence-corrected chi connectivity index (χ0v) is 15.5. The number of benzene rings is 1. The zero-order chi connectivity index (χ0) is 19.1. The van der Waals surface area contributed by atoms with Crippen LogP contribution >= 0.6 is 11.8 Å². The van der Waals surface area contributed by atoms with Crippen molar-refractivity contribution in [3.05, 3.63) is 29.8 Å². The second-order valence-corrected chi connectivity index (χ2v) is 9.58. The number of aliphatic imine (C=N–C) groups is 1. The molecule has 2 saturated heterocycles. The van der Waals surface area contributed by atoms with E-state index < -0.39 is 38.8 Å². The maximum atomic E-state index is 13.4. The van der Waals surface area contributed by atoms with Gasteiger partial charge in [0, 0.05) is 11.7 Å². The van der Waals surface area contributed by atoms with Gasteiger partial charge in [0.25, 0.3) is 0 Å². The van der Waals surface area contributed by atoms with Crippen LogP contribution in [0.4, 0.5) is 18.9 Å². The molecule has 0 unspecified atom stereocenters. The third-order valence-corrected chi connectivity index (χ3v) is 7.43. The number of alkyl halides is 3. The van der Waals surface area contributed by atoms with E-state index in [9.17, 15) is 26.4 Å². The second-order valence-electron chi connectivity index (χ2n) is 6.22. The Morgan fingerprint density at radius 2 is 2.00 bits per heavy atom. The number of sulfone groups is 1. The van der Waals surface area contributed by atoms with Crippen molar-refractivity contribution in [2.24, 2.45) is 4.99 Å². The Bertz CT molecular complexity index is 853. The fourth-order valence-corrected chi connectivity index (χ4v) is 7.07. The summed E-state index contributed by atoms with van der Waals surface area (Å²) in [5, 5.41) is -0.292. The van der Waals surface area contributed by atoms with Crippen LogP contribution in [0, 0.1) is 0 Å². The molecule has 2 atom stereocenters. The average Bonchev–Trinajstić information content (AvgIpc) is 2.97. The summed E-state index contributed by atoms with van der Waals surface area (Å²) < 4.78 is 64.3. The van der Waals surface area contributed by atoms with Gasteiger partial charge in [-0.15, -0.1) is 0 Å². The number of fused-ring (bicyclic) bond motifs is 1. The van der Waals surface area contributed by atoms with Crippen molar-refractivity contribution in [1.82, 2.24) is 0 Å². The van der Waals surface area contributed by atoms with Gasteiger partial charge in [0.1, 0.15) is 0 Å². The number of amides is 1. The van der Waals surface area contributed by atoms with Crippen LogP contribution in [0.2, 0.25) is 0 Å². The van der Waals surface area contributed by atoms with Crippen molar-refractivity contribution in [3.8, 4) is 0 Å². The molecule has 0 radical (unpaired) electrons. The van der Waals surface area contributed by atoms with E-state index in [1.165, 1.54) is 23.1 Å². The van der Waals surface area contributed by atoms with Crippen molar-refractivity contribution in [1.29, 1.82) is 0 Å². The Morgan fingerprint density at radius 1 is 1.31 bits per heavy atom. The molecular formula is C16H17F3N2O3S2. The maximum absolute atomic E-state index is 13.4. The van der Waals surface area contributed by atoms with E-state index in [2.05, 4.69) is 4.99 Å². The highest BCUT2D eigenvalue weighted by Gasteiger charge is 2.51. The average molecular weight is 406 g/mol. The van der Waals surface area contributed by atoms with Crippen LogP contribution in [-0.4, -0.2) is 42.3 Å². The van der Waals surface area contributed by atoms with Crippen LogP contribution in [0.15, 0.2) is 29.3 Å². The lowest BCUT2D eigenvalue weighted by Gasteiger charge is -2.27. The van der Waals surface area contributed by atoms with Crippen LogP contribution in [0.5, 0.6) is 0 Å². The molecule has 2 aliphatic heterocycles. The number of nitrogens with zero attached hydrogens (tertiary/aromatic N) is 2. The molecule has 26 heavy (non-hydrogen) atoms. The normalized spacial score (nSPS) is 26.3. The standard InChI is InChI=1S/C16H17F3N2O3S2/c1-2-5-14(22)20-15-21(12-8-26(23,24)9-13(12)25-15)11-7-4-3-6-10(11)16(17,18)19/h3-4,6-7,12-13H,2,5,8-9H2,1H3/t12-,13-/m1/s1. The number of halogens is 3. The molecule has 0 saturated carbocycles. The Balaban J connectivity index is 2.09. The minimum absolute atomic E-state index is 0.131. The lowest BCUT2D eigenvalue weighted by Crippen LogP contribution is -2.39. The molecule has 0 N–H and O–H groups in total. The largest absolute Gasteiger partial charge is 0.418 e. The van der Waals surface area contributed by atoms with Gasteiger partial charge in [-0.1, -0.05) is 30.8 Å². The van der Waals surface area contributed by atoms with Gasteiger partial charge in [0.15, 0.2) is 15.0 Å². The number of hydrogen-bond donors (Lipinski definition) is 0. The molecule has 0 aliphatic carbocycles.